The van der Waals surface area contributed by atoms with E-state index < -0.39 is 17.5 Å². The van der Waals surface area contributed by atoms with E-state index in [4.69, 9.17) is 18.9 Å². The zero-order valence-electron chi connectivity index (χ0n) is 17.1. The van der Waals surface area contributed by atoms with E-state index in [0.717, 1.165) is 19.3 Å². The van der Waals surface area contributed by atoms with Crippen LogP contribution < -0.4 is 0 Å². The molecule has 0 amide bonds. The highest BCUT2D eigenvalue weighted by atomic mass is 16.9. The van der Waals surface area contributed by atoms with Crippen molar-refractivity contribution < 1.29 is 23.7 Å². The number of rotatable bonds is 16. The van der Waals surface area contributed by atoms with Crippen molar-refractivity contribution >= 4 is 5.78 Å². The Morgan fingerprint density at radius 1 is 0.920 bits per heavy atom. The third kappa shape index (κ3) is 5.61. The molecule has 0 bridgehead atoms. The van der Waals surface area contributed by atoms with Gasteiger partial charge in [0.15, 0.2) is 11.4 Å². The Morgan fingerprint density at radius 3 is 1.88 bits per heavy atom. The highest BCUT2D eigenvalue weighted by Crippen LogP contribution is 2.43. The molecule has 0 aromatic rings. The molecule has 0 aliphatic heterocycles. The molecular formula is C20H38O5. The maximum absolute atomic E-state index is 12.7. The third-order valence-electron chi connectivity index (χ3n) is 5.01. The summed E-state index contributed by atoms with van der Waals surface area (Å²) in [6, 6.07) is 0. The molecule has 0 aromatic heterocycles. The normalized spacial score (nSPS) is 15.6. The van der Waals surface area contributed by atoms with Crippen LogP contribution in [0, 0.1) is 5.92 Å². The fourth-order valence-electron chi connectivity index (χ4n) is 3.75. The molecule has 25 heavy (non-hydrogen) atoms. The van der Waals surface area contributed by atoms with Crippen molar-refractivity contribution in [3.8, 4) is 0 Å². The zero-order chi connectivity index (χ0) is 19.3. The van der Waals surface area contributed by atoms with Gasteiger partial charge in [-0.1, -0.05) is 59.0 Å². The van der Waals surface area contributed by atoms with Crippen molar-refractivity contribution in [2.24, 2.45) is 5.92 Å². The van der Waals surface area contributed by atoms with Crippen LogP contribution in [0.5, 0.6) is 0 Å². The van der Waals surface area contributed by atoms with Crippen molar-refractivity contribution in [2.75, 3.05) is 28.4 Å². The molecule has 0 aliphatic carbocycles. The Bertz CT molecular complexity index is 370. The molecule has 0 aromatic carbocycles. The van der Waals surface area contributed by atoms with E-state index in [-0.39, 0.29) is 5.78 Å². The first kappa shape index (κ1) is 24.2. The molecule has 0 rings (SSSR count). The lowest BCUT2D eigenvalue weighted by atomic mass is 9.75. The number of carbonyl (C=O) groups is 1. The summed E-state index contributed by atoms with van der Waals surface area (Å²) in [5.41, 5.74) is -1.05. The molecule has 0 saturated carbocycles. The highest BCUT2D eigenvalue weighted by Gasteiger charge is 2.60. The summed E-state index contributed by atoms with van der Waals surface area (Å²) in [7, 11) is 6.11. The molecule has 0 radical (unpaired) electrons. The van der Waals surface area contributed by atoms with Crippen LogP contribution in [0.3, 0.4) is 0 Å². The van der Waals surface area contributed by atoms with Crippen molar-refractivity contribution in [3.63, 3.8) is 0 Å². The third-order valence-corrected chi connectivity index (χ3v) is 5.01. The average molecular weight is 359 g/mol. The number of hydrogen-bond donors (Lipinski definition) is 0. The number of carbonyl (C=O) groups excluding carboxylic acids is 1. The van der Waals surface area contributed by atoms with Gasteiger partial charge in [-0.3, -0.25) is 4.79 Å². The van der Waals surface area contributed by atoms with Crippen molar-refractivity contribution in [3.05, 3.63) is 12.7 Å². The monoisotopic (exact) mass is 358 g/mol. The van der Waals surface area contributed by atoms with Crippen LogP contribution in [0.15, 0.2) is 12.7 Å². The van der Waals surface area contributed by atoms with Crippen LogP contribution in [-0.2, 0) is 23.7 Å². The van der Waals surface area contributed by atoms with E-state index in [0.29, 0.717) is 12.8 Å². The largest absolute Gasteiger partial charge is 0.369 e. The van der Waals surface area contributed by atoms with Crippen LogP contribution in [0.4, 0.5) is 0 Å². The molecule has 2 unspecified atom stereocenters. The van der Waals surface area contributed by atoms with Crippen LogP contribution in [0.25, 0.3) is 0 Å². The predicted molar refractivity (Wildman–Crippen MR) is 100 cm³/mol. The molecule has 0 heterocycles. The molecule has 5 nitrogen and oxygen atoms in total. The average Bonchev–Trinajstić information content (AvgIpc) is 2.65. The maximum atomic E-state index is 12.7. The topological polar surface area (TPSA) is 54.0 Å². The Hall–Kier alpha value is -0.750. The second kappa shape index (κ2) is 12.6. The standard InChI is InChI=1S/C20H38O5/c1-8-11-12-13-14-15-17(18(21)10-3)19(22-4,16-9-2)20(23-5,24-6)25-7/h10,17H,3,8-9,11-16H2,1-2,4-7H3. The number of ether oxygens (including phenoxy) is 4. The van der Waals surface area contributed by atoms with Gasteiger partial charge in [-0.2, -0.15) is 0 Å². The number of hydrogen-bond acceptors (Lipinski definition) is 5. The Kier molecular flexibility index (Phi) is 12.2. The van der Waals surface area contributed by atoms with Crippen LogP contribution in [0.2, 0.25) is 0 Å². The predicted octanol–water partition coefficient (Wildman–Crippen LogP) is 4.50. The SMILES string of the molecule is C=CC(=O)C(CCCCCCC)C(CCC)(OC)C(OC)(OC)OC. The quantitative estimate of drug-likeness (QED) is 0.231. The minimum absolute atomic E-state index is 0.0682. The van der Waals surface area contributed by atoms with E-state index in [1.54, 1.807) is 7.11 Å². The Morgan fingerprint density at radius 2 is 1.48 bits per heavy atom. The Labute approximate surface area is 154 Å². The molecule has 0 aliphatic rings. The fraction of sp³-hybridized carbons (Fsp3) is 0.850. The lowest BCUT2D eigenvalue weighted by Crippen LogP contribution is -2.64. The van der Waals surface area contributed by atoms with Crippen LogP contribution >= 0.6 is 0 Å². The van der Waals surface area contributed by atoms with Gasteiger partial charge in [0.05, 0.1) is 5.92 Å². The molecule has 5 heteroatoms. The van der Waals surface area contributed by atoms with E-state index in [1.807, 2.05) is 6.92 Å². The number of methoxy groups -OCH3 is 4. The zero-order valence-corrected chi connectivity index (χ0v) is 17.1. The van der Waals surface area contributed by atoms with E-state index in [2.05, 4.69) is 13.5 Å². The molecule has 0 fully saturated rings. The first-order valence-electron chi connectivity index (χ1n) is 9.35. The summed E-state index contributed by atoms with van der Waals surface area (Å²) >= 11 is 0. The summed E-state index contributed by atoms with van der Waals surface area (Å²) in [4.78, 5) is 12.7. The van der Waals surface area contributed by atoms with Crippen molar-refractivity contribution in [1.29, 1.82) is 0 Å². The van der Waals surface area contributed by atoms with Gasteiger partial charge in [-0.05, 0) is 18.9 Å². The minimum Gasteiger partial charge on any atom is -0.369 e. The minimum atomic E-state index is -1.45. The van der Waals surface area contributed by atoms with Gasteiger partial charge in [0.25, 0.3) is 0 Å². The molecule has 148 valence electrons. The Balaban J connectivity index is 5.75. The smallest absolute Gasteiger partial charge is 0.313 e. The molecule has 0 N–H and O–H groups in total. The molecule has 0 spiro atoms. The lowest BCUT2D eigenvalue weighted by Gasteiger charge is -2.49. The van der Waals surface area contributed by atoms with E-state index >= 15 is 0 Å². The van der Waals surface area contributed by atoms with E-state index in [1.165, 1.54) is 46.7 Å². The molecule has 2 atom stereocenters. The van der Waals surface area contributed by atoms with Gasteiger partial charge in [0, 0.05) is 28.4 Å². The molecule has 0 saturated heterocycles. The first-order chi connectivity index (χ1) is 12.0. The van der Waals surface area contributed by atoms with Crippen LogP contribution in [0.1, 0.15) is 65.2 Å². The van der Waals surface area contributed by atoms with Crippen molar-refractivity contribution in [2.45, 2.75) is 76.8 Å². The number of ketones is 1. The number of unbranched alkanes of at least 4 members (excludes halogenated alkanes) is 4. The van der Waals surface area contributed by atoms with Gasteiger partial charge < -0.3 is 18.9 Å². The summed E-state index contributed by atoms with van der Waals surface area (Å²) in [6.07, 6.45) is 9.00. The van der Waals surface area contributed by atoms with Gasteiger partial charge >= 0.3 is 5.97 Å². The van der Waals surface area contributed by atoms with Crippen LogP contribution in [-0.4, -0.2) is 45.8 Å². The van der Waals surface area contributed by atoms with Crippen molar-refractivity contribution in [1.82, 2.24) is 0 Å². The summed E-state index contributed by atoms with van der Waals surface area (Å²) in [5, 5.41) is 0. The second-order valence-corrected chi connectivity index (χ2v) is 6.37. The van der Waals surface area contributed by atoms with Gasteiger partial charge in [-0.25, -0.2) is 0 Å². The molecular weight excluding hydrogens is 320 g/mol. The highest BCUT2D eigenvalue weighted by molar-refractivity contribution is 5.92. The first-order valence-corrected chi connectivity index (χ1v) is 9.35. The summed E-state index contributed by atoms with van der Waals surface area (Å²) in [6.45, 7) is 7.90. The van der Waals surface area contributed by atoms with Gasteiger partial charge in [0.2, 0.25) is 0 Å². The number of allylic oxidation sites excluding steroid dienone is 1. The van der Waals surface area contributed by atoms with E-state index in [9.17, 15) is 4.79 Å². The fourth-order valence-corrected chi connectivity index (χ4v) is 3.75. The summed E-state index contributed by atoms with van der Waals surface area (Å²) in [5.74, 6) is -1.97. The van der Waals surface area contributed by atoms with Gasteiger partial charge in [-0.15, -0.1) is 0 Å². The van der Waals surface area contributed by atoms with Gasteiger partial charge in [0.1, 0.15) is 0 Å². The second-order valence-electron chi connectivity index (χ2n) is 6.37. The lowest BCUT2D eigenvalue weighted by molar-refractivity contribution is -0.431. The summed E-state index contributed by atoms with van der Waals surface area (Å²) < 4.78 is 22.8. The maximum Gasteiger partial charge on any atom is 0.313 e.